The molecule has 0 saturated carbocycles. The number of carbonyl (C=O) groups is 1. The lowest BCUT2D eigenvalue weighted by atomic mass is 10.1. The topological polar surface area (TPSA) is 141 Å². The van der Waals surface area contributed by atoms with Crippen molar-refractivity contribution >= 4 is 17.9 Å². The number of para-hydroxylation sites is 1. The number of benzene rings is 2. The molecule has 3 rings (SSSR count). The van der Waals surface area contributed by atoms with Crippen LogP contribution in [0.2, 0.25) is 0 Å². The summed E-state index contributed by atoms with van der Waals surface area (Å²) in [6.07, 6.45) is 1.51. The molecule has 0 radical (unpaired) electrons. The highest BCUT2D eigenvalue weighted by atomic mass is 16.5. The lowest BCUT2D eigenvalue weighted by molar-refractivity contribution is -0.119. The van der Waals surface area contributed by atoms with Gasteiger partial charge in [0, 0.05) is 5.56 Å². The predicted octanol–water partition coefficient (Wildman–Crippen LogP) is 0.599. The maximum absolute atomic E-state index is 11.9. The second-order valence-electron chi connectivity index (χ2n) is 5.80. The van der Waals surface area contributed by atoms with E-state index in [2.05, 4.69) is 26.0 Å². The van der Waals surface area contributed by atoms with Crippen LogP contribution in [0.3, 0.4) is 0 Å². The largest absolute Gasteiger partial charge is 0.489 e. The first-order valence-corrected chi connectivity index (χ1v) is 8.62. The van der Waals surface area contributed by atoms with Gasteiger partial charge < -0.3 is 10.1 Å². The molecule has 0 fully saturated rings. The molecular formula is C19H18N6O4. The van der Waals surface area contributed by atoms with Gasteiger partial charge in [0.05, 0.1) is 12.8 Å². The van der Waals surface area contributed by atoms with Gasteiger partial charge in [-0.05, 0) is 17.7 Å². The average Bonchev–Trinajstić information content (AvgIpc) is 2.73. The van der Waals surface area contributed by atoms with E-state index in [9.17, 15) is 14.4 Å². The number of hydrogen-bond donors (Lipinski definition) is 4. The van der Waals surface area contributed by atoms with E-state index >= 15 is 0 Å². The molecule has 0 saturated heterocycles. The molecule has 4 N–H and O–H groups in total. The summed E-state index contributed by atoms with van der Waals surface area (Å²) < 4.78 is 5.74. The van der Waals surface area contributed by atoms with Gasteiger partial charge in [0.2, 0.25) is 5.82 Å². The summed E-state index contributed by atoms with van der Waals surface area (Å²) in [6, 6.07) is 16.9. The molecule has 2 aromatic carbocycles. The Morgan fingerprint density at radius 2 is 1.86 bits per heavy atom. The van der Waals surface area contributed by atoms with Crippen molar-refractivity contribution in [2.45, 2.75) is 6.61 Å². The minimum absolute atomic E-state index is 0.174. The van der Waals surface area contributed by atoms with Gasteiger partial charge in [-0.25, -0.2) is 15.3 Å². The Bertz CT molecular complexity index is 1110. The van der Waals surface area contributed by atoms with Crippen LogP contribution >= 0.6 is 0 Å². The van der Waals surface area contributed by atoms with Crippen molar-refractivity contribution in [3.05, 3.63) is 86.6 Å². The number of carbonyl (C=O) groups excluding carboxylic acids is 1. The van der Waals surface area contributed by atoms with Crippen molar-refractivity contribution in [3.8, 4) is 5.75 Å². The van der Waals surface area contributed by atoms with Gasteiger partial charge >= 0.3 is 5.69 Å². The molecule has 29 heavy (non-hydrogen) atoms. The molecule has 0 atom stereocenters. The summed E-state index contributed by atoms with van der Waals surface area (Å²) in [7, 11) is 0. The fraction of sp³-hybridized carbons (Fsp3) is 0.105. The van der Waals surface area contributed by atoms with Gasteiger partial charge in [0.15, 0.2) is 0 Å². The average molecular weight is 394 g/mol. The summed E-state index contributed by atoms with van der Waals surface area (Å²) >= 11 is 0. The first kappa shape index (κ1) is 19.5. The molecule has 148 valence electrons. The van der Waals surface area contributed by atoms with E-state index in [-0.39, 0.29) is 12.4 Å². The number of H-pyrrole nitrogens is 2. The molecule has 3 aromatic rings. The van der Waals surface area contributed by atoms with Gasteiger partial charge in [0.1, 0.15) is 12.4 Å². The first-order chi connectivity index (χ1) is 14.1. The smallest absolute Gasteiger partial charge is 0.342 e. The Morgan fingerprint density at radius 1 is 1.10 bits per heavy atom. The van der Waals surface area contributed by atoms with Crippen LogP contribution in [-0.2, 0) is 11.4 Å². The molecule has 10 nitrogen and oxygen atoms in total. The van der Waals surface area contributed by atoms with Crippen LogP contribution in [-0.4, -0.2) is 33.8 Å². The molecule has 1 amide bonds. The number of aromatic nitrogens is 3. The first-order valence-electron chi connectivity index (χ1n) is 8.62. The summed E-state index contributed by atoms with van der Waals surface area (Å²) in [5.41, 5.74) is 2.58. The molecule has 0 aliphatic carbocycles. The number of hydrogen-bond acceptors (Lipinski definition) is 7. The lowest BCUT2D eigenvalue weighted by Gasteiger charge is -2.08. The summed E-state index contributed by atoms with van der Waals surface area (Å²) in [4.78, 5) is 36.2. The van der Waals surface area contributed by atoms with Crippen molar-refractivity contribution in [2.75, 3.05) is 11.9 Å². The van der Waals surface area contributed by atoms with Gasteiger partial charge in [0.25, 0.3) is 11.5 Å². The van der Waals surface area contributed by atoms with Gasteiger partial charge in [-0.3, -0.25) is 14.6 Å². The minimum Gasteiger partial charge on any atom is -0.489 e. The Kier molecular flexibility index (Phi) is 6.50. The van der Waals surface area contributed by atoms with Crippen molar-refractivity contribution in [1.29, 1.82) is 0 Å². The Hall–Kier alpha value is -4.21. The van der Waals surface area contributed by atoms with Crippen LogP contribution < -0.4 is 26.7 Å². The third-order valence-electron chi connectivity index (χ3n) is 3.71. The van der Waals surface area contributed by atoms with Crippen LogP contribution in [0.25, 0.3) is 0 Å². The van der Waals surface area contributed by atoms with E-state index in [4.69, 9.17) is 4.74 Å². The molecule has 0 aliphatic rings. The number of nitrogens with zero attached hydrogens (tertiary/aromatic N) is 2. The van der Waals surface area contributed by atoms with Crippen molar-refractivity contribution in [3.63, 3.8) is 0 Å². The Labute approximate surface area is 164 Å². The standard InChI is InChI=1S/C19H18N6O4/c26-16(11-20-17-18(27)22-19(28)25-24-17)23-21-10-13-6-4-5-7-14(13)12-29-15-8-2-1-3-9-15/h1-10H,11-12H2,(H,20,24)(H,23,26)(H2,22,25,27,28)/b21-10+. The molecule has 1 aromatic heterocycles. The predicted molar refractivity (Wildman–Crippen MR) is 107 cm³/mol. The highest BCUT2D eigenvalue weighted by Gasteiger charge is 2.05. The molecule has 0 aliphatic heterocycles. The lowest BCUT2D eigenvalue weighted by Crippen LogP contribution is -2.31. The highest BCUT2D eigenvalue weighted by molar-refractivity contribution is 5.85. The fourth-order valence-electron chi connectivity index (χ4n) is 2.31. The molecule has 0 spiro atoms. The highest BCUT2D eigenvalue weighted by Crippen LogP contribution is 2.13. The maximum Gasteiger partial charge on any atom is 0.342 e. The Balaban J connectivity index is 1.53. The van der Waals surface area contributed by atoms with Crippen molar-refractivity contribution < 1.29 is 9.53 Å². The van der Waals surface area contributed by atoms with Crippen LogP contribution in [0, 0.1) is 0 Å². The number of nitrogens with one attached hydrogen (secondary N) is 4. The van der Waals surface area contributed by atoms with E-state index in [1.54, 1.807) is 0 Å². The van der Waals surface area contributed by atoms with Crippen molar-refractivity contribution in [2.24, 2.45) is 5.10 Å². The molecule has 1 heterocycles. The summed E-state index contributed by atoms with van der Waals surface area (Å²) in [6.45, 7) is 0.0978. The third kappa shape index (κ3) is 5.89. The van der Waals surface area contributed by atoms with Crippen LogP contribution in [0.5, 0.6) is 5.75 Å². The van der Waals surface area contributed by atoms with Gasteiger partial charge in [-0.1, -0.05) is 42.5 Å². The van der Waals surface area contributed by atoms with Crippen LogP contribution in [0.1, 0.15) is 11.1 Å². The molecule has 0 unspecified atom stereocenters. The van der Waals surface area contributed by atoms with E-state index < -0.39 is 17.2 Å². The van der Waals surface area contributed by atoms with Crippen LogP contribution in [0.15, 0.2) is 69.3 Å². The second kappa shape index (κ2) is 9.65. The monoisotopic (exact) mass is 394 g/mol. The second-order valence-corrected chi connectivity index (χ2v) is 5.80. The number of ether oxygens (including phenoxy) is 1. The van der Waals surface area contributed by atoms with Gasteiger partial charge in [-0.15, -0.1) is 5.10 Å². The normalized spacial score (nSPS) is 10.6. The third-order valence-corrected chi connectivity index (χ3v) is 3.71. The fourth-order valence-corrected chi connectivity index (χ4v) is 2.31. The quantitative estimate of drug-likeness (QED) is 0.326. The molecule has 10 heteroatoms. The van der Waals surface area contributed by atoms with Crippen LogP contribution in [0.4, 0.5) is 5.82 Å². The SMILES string of the molecule is O=C(CNc1n[nH]c(=O)[nH]c1=O)N/N=C/c1ccccc1COc1ccccc1. The number of hydrazone groups is 1. The number of aromatic amines is 2. The zero-order valence-electron chi connectivity index (χ0n) is 15.2. The molecule has 0 bridgehead atoms. The Morgan fingerprint density at radius 3 is 2.66 bits per heavy atom. The number of anilines is 1. The number of amides is 1. The maximum atomic E-state index is 11.9. The summed E-state index contributed by atoms with van der Waals surface area (Å²) in [5, 5.41) is 12.0. The summed E-state index contributed by atoms with van der Waals surface area (Å²) in [5.74, 6) is 0.0864. The van der Waals surface area contributed by atoms with E-state index in [1.807, 2.05) is 59.6 Å². The van der Waals surface area contributed by atoms with E-state index in [0.717, 1.165) is 16.9 Å². The number of rotatable bonds is 8. The van der Waals surface area contributed by atoms with E-state index in [1.165, 1.54) is 6.21 Å². The molecular weight excluding hydrogens is 376 g/mol. The van der Waals surface area contributed by atoms with Gasteiger partial charge in [-0.2, -0.15) is 5.10 Å². The minimum atomic E-state index is -0.732. The zero-order chi connectivity index (χ0) is 20.5. The van der Waals surface area contributed by atoms with E-state index in [0.29, 0.717) is 6.61 Å². The van der Waals surface area contributed by atoms with Crippen molar-refractivity contribution in [1.82, 2.24) is 20.6 Å². The zero-order valence-corrected chi connectivity index (χ0v) is 15.2.